The fourth-order valence-electron chi connectivity index (χ4n) is 8.97. The Morgan fingerprint density at radius 3 is 2.74 bits per heavy atom. The van der Waals surface area contributed by atoms with E-state index in [1.807, 2.05) is 6.07 Å². The number of fused-ring (bicyclic) bond motifs is 5. The first-order chi connectivity index (χ1) is 22.4. The average Bonchev–Trinajstić information content (AvgIpc) is 3.35. The third-order valence-corrected chi connectivity index (χ3v) is 11.6. The van der Waals surface area contributed by atoms with Gasteiger partial charge in [0.1, 0.15) is 18.2 Å². The number of aromatic nitrogens is 1. The molecule has 1 aromatic heterocycles. The Morgan fingerprint density at radius 1 is 1.15 bits per heavy atom. The van der Waals surface area contributed by atoms with Crippen molar-refractivity contribution in [3.8, 4) is 29.1 Å². The lowest BCUT2D eigenvalue weighted by Crippen LogP contribution is -2.55. The molecule has 0 bridgehead atoms. The Hall–Kier alpha value is -4.11. The summed E-state index contributed by atoms with van der Waals surface area (Å²) in [5.41, 5.74) is 6.75. The number of ether oxygens (including phenoxy) is 1. The molecule has 0 N–H and O–H groups in total. The lowest BCUT2D eigenvalue weighted by atomic mass is 9.93. The first kappa shape index (κ1) is 29.3. The van der Waals surface area contributed by atoms with Crippen molar-refractivity contribution in [1.29, 1.82) is 10.5 Å². The van der Waals surface area contributed by atoms with E-state index in [0.29, 0.717) is 54.3 Å². The molecule has 3 atom stereocenters. The predicted molar refractivity (Wildman–Crippen MR) is 178 cm³/mol. The Labute approximate surface area is 274 Å². The third kappa shape index (κ3) is 4.65. The van der Waals surface area contributed by atoms with Crippen molar-refractivity contribution in [3.05, 3.63) is 64.7 Å². The Bertz CT molecular complexity index is 1850. The molecular formula is C37H37ClN6O2. The van der Waals surface area contributed by atoms with Gasteiger partial charge in [0.25, 0.3) is 0 Å². The van der Waals surface area contributed by atoms with Gasteiger partial charge in [0.05, 0.1) is 35.3 Å². The summed E-state index contributed by atoms with van der Waals surface area (Å²) in [6.07, 6.45) is 8.34. The van der Waals surface area contributed by atoms with Gasteiger partial charge in [-0.1, -0.05) is 36.4 Å². The molecule has 46 heavy (non-hydrogen) atoms. The van der Waals surface area contributed by atoms with Gasteiger partial charge < -0.3 is 14.5 Å². The fourth-order valence-corrected chi connectivity index (χ4v) is 9.23. The van der Waals surface area contributed by atoms with Gasteiger partial charge in [0, 0.05) is 35.6 Å². The molecule has 9 heteroatoms. The van der Waals surface area contributed by atoms with Crippen LogP contribution in [-0.2, 0) is 11.2 Å². The Balaban J connectivity index is 1.26. The van der Waals surface area contributed by atoms with Crippen LogP contribution >= 0.6 is 11.6 Å². The molecule has 8 rings (SSSR count). The number of carbonyl (C=O) groups excluding carboxylic acids is 1. The lowest BCUT2D eigenvalue weighted by Gasteiger charge is -2.42. The number of piperazine rings is 1. The zero-order valence-corrected chi connectivity index (χ0v) is 26.7. The molecule has 2 unspecified atom stereocenters. The molecular weight excluding hydrogens is 596 g/mol. The molecule has 5 aliphatic rings. The number of halogens is 1. The number of carbonyl (C=O) groups is 1. The summed E-state index contributed by atoms with van der Waals surface area (Å²) < 4.78 is 6.62. The second-order valence-electron chi connectivity index (χ2n) is 13.7. The van der Waals surface area contributed by atoms with Crippen LogP contribution in [0.5, 0.6) is 5.88 Å². The van der Waals surface area contributed by atoms with Gasteiger partial charge >= 0.3 is 0 Å². The second kappa shape index (κ2) is 11.3. The van der Waals surface area contributed by atoms with E-state index in [2.05, 4.69) is 52.8 Å². The highest BCUT2D eigenvalue weighted by molar-refractivity contribution is 6.34. The molecule has 2 aromatic carbocycles. The highest BCUT2D eigenvalue weighted by atomic mass is 35.5. The van der Waals surface area contributed by atoms with Gasteiger partial charge in [0.2, 0.25) is 11.8 Å². The summed E-state index contributed by atoms with van der Waals surface area (Å²) in [5.74, 6) is 1.50. The monoisotopic (exact) mass is 632 g/mol. The molecule has 8 nitrogen and oxygen atoms in total. The van der Waals surface area contributed by atoms with Crippen LogP contribution in [0.15, 0.2) is 43.0 Å². The molecule has 4 fully saturated rings. The molecule has 234 valence electrons. The SMILES string of the molecule is C=CC(=O)N1CCN(c2c(C#N)c(OCC34CCCN3CCC4)nc3cc(-c4cccc5c4C4CC4C5)c(Cl)cc23)C[C@@H]1CC#N. The minimum atomic E-state index is -0.346. The van der Waals surface area contributed by atoms with Crippen molar-refractivity contribution in [3.63, 3.8) is 0 Å². The zero-order valence-electron chi connectivity index (χ0n) is 26.0. The number of nitriles is 2. The van der Waals surface area contributed by atoms with Gasteiger partial charge in [-0.2, -0.15) is 10.5 Å². The van der Waals surface area contributed by atoms with E-state index in [1.165, 1.54) is 29.2 Å². The summed E-state index contributed by atoms with van der Waals surface area (Å²) in [6.45, 7) is 7.62. The van der Waals surface area contributed by atoms with Crippen molar-refractivity contribution in [2.45, 2.75) is 62.4 Å². The van der Waals surface area contributed by atoms with Crippen molar-refractivity contribution in [2.24, 2.45) is 5.92 Å². The molecule has 4 heterocycles. The van der Waals surface area contributed by atoms with Crippen LogP contribution in [0.2, 0.25) is 5.02 Å². The highest BCUT2D eigenvalue weighted by Crippen LogP contribution is 2.59. The van der Waals surface area contributed by atoms with E-state index in [4.69, 9.17) is 21.3 Å². The second-order valence-corrected chi connectivity index (χ2v) is 14.1. The number of rotatable bonds is 7. The Morgan fingerprint density at radius 2 is 1.98 bits per heavy atom. The van der Waals surface area contributed by atoms with Crippen LogP contribution in [0.3, 0.4) is 0 Å². The van der Waals surface area contributed by atoms with Gasteiger partial charge in [-0.15, -0.1) is 0 Å². The number of pyridine rings is 1. The van der Waals surface area contributed by atoms with Gasteiger partial charge in [0.15, 0.2) is 0 Å². The van der Waals surface area contributed by atoms with Crippen LogP contribution < -0.4 is 9.64 Å². The highest BCUT2D eigenvalue weighted by Gasteiger charge is 2.47. The van der Waals surface area contributed by atoms with Crippen LogP contribution in [0, 0.1) is 28.6 Å². The zero-order chi connectivity index (χ0) is 31.6. The number of hydrogen-bond donors (Lipinski definition) is 0. The first-order valence-electron chi connectivity index (χ1n) is 16.6. The largest absolute Gasteiger partial charge is 0.475 e. The molecule has 3 aliphatic heterocycles. The molecule has 0 radical (unpaired) electrons. The molecule has 2 aliphatic carbocycles. The van der Waals surface area contributed by atoms with Crippen LogP contribution in [0.25, 0.3) is 22.0 Å². The summed E-state index contributed by atoms with van der Waals surface area (Å²) in [7, 11) is 0. The maximum absolute atomic E-state index is 12.7. The molecule has 3 aromatic rings. The van der Waals surface area contributed by atoms with E-state index in [-0.39, 0.29) is 23.9 Å². The van der Waals surface area contributed by atoms with Gasteiger partial charge in [-0.25, -0.2) is 4.98 Å². The van der Waals surface area contributed by atoms with E-state index >= 15 is 0 Å². The van der Waals surface area contributed by atoms with E-state index < -0.39 is 0 Å². The van der Waals surface area contributed by atoms with Gasteiger partial charge in [-0.05, 0) is 98.3 Å². The topological polar surface area (TPSA) is 96.5 Å². The quantitative estimate of drug-likeness (QED) is 0.286. The molecule has 1 saturated carbocycles. The summed E-state index contributed by atoms with van der Waals surface area (Å²) in [6, 6.07) is 14.9. The fraction of sp³-hybridized carbons (Fsp3) is 0.459. The number of benzene rings is 2. The molecule has 0 spiro atoms. The maximum atomic E-state index is 12.7. The van der Waals surface area contributed by atoms with Crippen LogP contribution in [-0.4, -0.2) is 71.6 Å². The van der Waals surface area contributed by atoms with Crippen molar-refractivity contribution in [1.82, 2.24) is 14.8 Å². The molecule has 3 saturated heterocycles. The van der Waals surface area contributed by atoms with E-state index in [9.17, 15) is 15.3 Å². The van der Waals surface area contributed by atoms with Gasteiger partial charge in [-0.3, -0.25) is 9.69 Å². The maximum Gasteiger partial charge on any atom is 0.246 e. The molecule has 1 amide bonds. The first-order valence-corrected chi connectivity index (χ1v) is 16.9. The summed E-state index contributed by atoms with van der Waals surface area (Å²) in [4.78, 5) is 24.1. The van der Waals surface area contributed by atoms with E-state index in [0.717, 1.165) is 67.6 Å². The number of hydrogen-bond acceptors (Lipinski definition) is 7. The smallest absolute Gasteiger partial charge is 0.246 e. The Kier molecular flexibility index (Phi) is 7.20. The number of amides is 1. The van der Waals surface area contributed by atoms with E-state index in [1.54, 1.807) is 4.90 Å². The minimum Gasteiger partial charge on any atom is -0.475 e. The van der Waals surface area contributed by atoms with Crippen molar-refractivity contribution in [2.75, 3.05) is 44.2 Å². The summed E-state index contributed by atoms with van der Waals surface area (Å²) in [5, 5.41) is 21.7. The number of anilines is 1. The van der Waals surface area contributed by atoms with Crippen molar-refractivity contribution < 1.29 is 9.53 Å². The van der Waals surface area contributed by atoms with Crippen LogP contribution in [0.4, 0.5) is 5.69 Å². The standard InChI is InChI=1S/C37H37ClN6O2/c1-2-33(45)44-15-14-42(21-25(44)8-11-39)35-29-18-31(38)28(26-7-3-6-23-16-24-17-27(24)34(23)26)19-32(29)41-36(30(35)20-40)46-22-37-9-4-12-43(37)13-5-10-37/h2-3,6-7,18-19,24-25,27H,1,4-5,8-10,12-17,21-22H2/t24?,25-,27?/m0/s1. The number of nitrogens with zero attached hydrogens (tertiary/aromatic N) is 6. The summed E-state index contributed by atoms with van der Waals surface area (Å²) >= 11 is 7.14. The minimum absolute atomic E-state index is 0.00531. The lowest BCUT2D eigenvalue weighted by molar-refractivity contribution is -0.128. The average molecular weight is 633 g/mol. The normalized spacial score (nSPS) is 24.2. The predicted octanol–water partition coefficient (Wildman–Crippen LogP) is 6.21. The van der Waals surface area contributed by atoms with Crippen LogP contribution in [0.1, 0.15) is 61.1 Å². The third-order valence-electron chi connectivity index (χ3n) is 11.3. The van der Waals surface area contributed by atoms with Crippen molar-refractivity contribution >= 4 is 34.1 Å².